The molecule has 0 amide bonds. The van der Waals surface area contributed by atoms with Gasteiger partial charge in [-0.2, -0.15) is 0 Å². The quantitative estimate of drug-likeness (QED) is 0.463. The molecule has 0 aliphatic rings. The molecular formula is C20H20N2O2S. The van der Waals surface area contributed by atoms with E-state index in [1.54, 1.807) is 0 Å². The summed E-state index contributed by atoms with van der Waals surface area (Å²) in [5.74, 6) is 0.529. The maximum absolute atomic E-state index is 12.6. The van der Waals surface area contributed by atoms with Crippen molar-refractivity contribution in [1.29, 1.82) is 0 Å². The van der Waals surface area contributed by atoms with Crippen LogP contribution < -0.4 is 0 Å². The average Bonchev–Trinajstić information content (AvgIpc) is 3.09. The van der Waals surface area contributed by atoms with Gasteiger partial charge in [0.05, 0.1) is 5.25 Å². The van der Waals surface area contributed by atoms with Gasteiger partial charge in [0.15, 0.2) is 5.78 Å². The fraction of sp³-hybridized carbons (Fsp3) is 0.250. The largest absolute Gasteiger partial charge is 0.411 e. The second-order valence-corrected chi connectivity index (χ2v) is 7.21. The lowest BCUT2D eigenvalue weighted by Crippen LogP contribution is -2.13. The minimum Gasteiger partial charge on any atom is -0.411 e. The zero-order valence-corrected chi connectivity index (χ0v) is 15.3. The van der Waals surface area contributed by atoms with Crippen molar-refractivity contribution in [2.75, 3.05) is 0 Å². The number of aryl methyl sites for hydroxylation is 2. The molecule has 0 bridgehead atoms. The summed E-state index contributed by atoms with van der Waals surface area (Å²) in [6.45, 7) is 5.97. The van der Waals surface area contributed by atoms with Crippen molar-refractivity contribution in [2.24, 2.45) is 0 Å². The van der Waals surface area contributed by atoms with Crippen LogP contribution in [0.5, 0.6) is 0 Å². The zero-order chi connectivity index (χ0) is 17.8. The molecule has 0 saturated heterocycles. The minimum atomic E-state index is -0.293. The van der Waals surface area contributed by atoms with Gasteiger partial charge in [-0.05, 0) is 38.0 Å². The summed E-state index contributed by atoms with van der Waals surface area (Å²) >= 11 is 1.29. The summed E-state index contributed by atoms with van der Waals surface area (Å²) in [6.07, 6.45) is 0.961. The Morgan fingerprint density at radius 1 is 1.16 bits per heavy atom. The maximum Gasteiger partial charge on any atom is 0.277 e. The molecule has 1 atom stereocenters. The first-order valence-corrected chi connectivity index (χ1v) is 9.15. The first-order valence-electron chi connectivity index (χ1n) is 8.27. The molecule has 0 fully saturated rings. The minimum absolute atomic E-state index is 0.0583. The number of ketones is 1. The molecule has 0 spiro atoms. The lowest BCUT2D eigenvalue weighted by atomic mass is 10.1. The van der Waals surface area contributed by atoms with Gasteiger partial charge in [-0.15, -0.1) is 10.2 Å². The van der Waals surface area contributed by atoms with Crippen LogP contribution in [0.25, 0.3) is 11.5 Å². The number of rotatable bonds is 6. The summed E-state index contributed by atoms with van der Waals surface area (Å²) in [7, 11) is 0. The van der Waals surface area contributed by atoms with E-state index in [4.69, 9.17) is 4.42 Å². The van der Waals surface area contributed by atoms with Gasteiger partial charge in [-0.3, -0.25) is 4.79 Å². The second-order valence-electron chi connectivity index (χ2n) is 5.92. The number of aromatic nitrogens is 2. The van der Waals surface area contributed by atoms with Crippen molar-refractivity contribution < 1.29 is 9.21 Å². The van der Waals surface area contributed by atoms with Crippen LogP contribution in [0, 0.1) is 6.92 Å². The summed E-state index contributed by atoms with van der Waals surface area (Å²) in [5, 5.41) is 8.26. The highest BCUT2D eigenvalue weighted by Gasteiger charge is 2.20. The Morgan fingerprint density at radius 3 is 2.60 bits per heavy atom. The van der Waals surface area contributed by atoms with Crippen molar-refractivity contribution >= 4 is 17.5 Å². The molecule has 3 aromatic rings. The Hall–Kier alpha value is -2.40. The van der Waals surface area contributed by atoms with Gasteiger partial charge in [0.2, 0.25) is 5.89 Å². The van der Waals surface area contributed by atoms with Crippen LogP contribution in [-0.4, -0.2) is 21.2 Å². The zero-order valence-electron chi connectivity index (χ0n) is 14.5. The van der Waals surface area contributed by atoms with Crippen molar-refractivity contribution in [3.8, 4) is 11.5 Å². The lowest BCUT2D eigenvalue weighted by molar-refractivity contribution is 0.0993. The summed E-state index contributed by atoms with van der Waals surface area (Å²) in [4.78, 5) is 12.6. The summed E-state index contributed by atoms with van der Waals surface area (Å²) in [5.41, 5.74) is 3.93. The molecule has 0 aliphatic heterocycles. The smallest absolute Gasteiger partial charge is 0.277 e. The number of hydrogen-bond donors (Lipinski definition) is 0. The van der Waals surface area contributed by atoms with E-state index in [0.29, 0.717) is 16.7 Å². The fourth-order valence-corrected chi connectivity index (χ4v) is 3.26. The molecule has 0 N–H and O–H groups in total. The highest BCUT2D eigenvalue weighted by atomic mass is 32.2. The van der Waals surface area contributed by atoms with Crippen LogP contribution in [0.2, 0.25) is 0 Å². The van der Waals surface area contributed by atoms with Gasteiger partial charge in [0.25, 0.3) is 5.22 Å². The topological polar surface area (TPSA) is 56.0 Å². The standard InChI is InChI=1S/C20H20N2O2S/c1-4-15-8-10-16(11-9-15)18(23)14(3)25-20-22-21-19(24-20)17-7-5-6-13(2)12-17/h5-12,14H,4H2,1-3H3/t14-/m0/s1. The van der Waals surface area contributed by atoms with Crippen LogP contribution in [0.3, 0.4) is 0 Å². The van der Waals surface area contributed by atoms with Crippen molar-refractivity contribution in [2.45, 2.75) is 37.7 Å². The highest BCUT2D eigenvalue weighted by Crippen LogP contribution is 2.28. The number of carbonyl (C=O) groups is 1. The second kappa shape index (κ2) is 7.66. The van der Waals surface area contributed by atoms with Crippen molar-refractivity contribution in [3.05, 3.63) is 65.2 Å². The van der Waals surface area contributed by atoms with E-state index < -0.39 is 0 Å². The predicted octanol–water partition coefficient (Wildman–Crippen LogP) is 4.97. The molecule has 0 radical (unpaired) electrons. The van der Waals surface area contributed by atoms with E-state index in [1.807, 2.05) is 62.4 Å². The Balaban J connectivity index is 1.70. The molecular weight excluding hydrogens is 332 g/mol. The van der Waals surface area contributed by atoms with Crippen LogP contribution in [0.4, 0.5) is 0 Å². The van der Waals surface area contributed by atoms with Crippen LogP contribution in [-0.2, 0) is 6.42 Å². The van der Waals surface area contributed by atoms with Gasteiger partial charge in [0, 0.05) is 11.1 Å². The van der Waals surface area contributed by atoms with E-state index in [0.717, 1.165) is 17.5 Å². The third kappa shape index (κ3) is 4.17. The van der Waals surface area contributed by atoms with Gasteiger partial charge in [0.1, 0.15) is 0 Å². The molecule has 3 rings (SSSR count). The van der Waals surface area contributed by atoms with Crippen LogP contribution in [0.15, 0.2) is 58.2 Å². The van der Waals surface area contributed by atoms with Gasteiger partial charge >= 0.3 is 0 Å². The first-order chi connectivity index (χ1) is 12.1. The molecule has 2 aromatic carbocycles. The molecule has 128 valence electrons. The summed E-state index contributed by atoms with van der Waals surface area (Å²) < 4.78 is 5.71. The van der Waals surface area contributed by atoms with E-state index in [9.17, 15) is 4.79 Å². The first kappa shape index (κ1) is 17.4. The normalized spacial score (nSPS) is 12.1. The van der Waals surface area contributed by atoms with E-state index >= 15 is 0 Å². The molecule has 0 unspecified atom stereocenters. The Labute approximate surface area is 151 Å². The summed E-state index contributed by atoms with van der Waals surface area (Å²) in [6, 6.07) is 15.6. The number of carbonyl (C=O) groups excluding carboxylic acids is 1. The molecule has 1 heterocycles. The van der Waals surface area contributed by atoms with Crippen LogP contribution in [0.1, 0.15) is 35.3 Å². The van der Waals surface area contributed by atoms with Crippen molar-refractivity contribution in [1.82, 2.24) is 10.2 Å². The molecule has 25 heavy (non-hydrogen) atoms. The van der Waals surface area contributed by atoms with Gasteiger partial charge < -0.3 is 4.42 Å². The third-order valence-electron chi connectivity index (χ3n) is 3.97. The predicted molar refractivity (Wildman–Crippen MR) is 99.9 cm³/mol. The van der Waals surface area contributed by atoms with E-state index in [1.165, 1.54) is 17.3 Å². The monoisotopic (exact) mass is 352 g/mol. The highest BCUT2D eigenvalue weighted by molar-refractivity contribution is 8.00. The van der Waals surface area contributed by atoms with E-state index in [-0.39, 0.29) is 11.0 Å². The SMILES string of the molecule is CCc1ccc(C(=O)[C@H](C)Sc2nnc(-c3cccc(C)c3)o2)cc1. The Bertz CT molecular complexity index is 871. The van der Waals surface area contributed by atoms with Crippen LogP contribution >= 0.6 is 11.8 Å². The number of thioether (sulfide) groups is 1. The third-order valence-corrected chi connectivity index (χ3v) is 4.90. The fourth-order valence-electron chi connectivity index (χ4n) is 2.50. The number of hydrogen-bond acceptors (Lipinski definition) is 5. The molecule has 4 nitrogen and oxygen atoms in total. The lowest BCUT2D eigenvalue weighted by Gasteiger charge is -2.08. The number of nitrogens with zero attached hydrogens (tertiary/aromatic N) is 2. The maximum atomic E-state index is 12.6. The Kier molecular flexibility index (Phi) is 5.34. The average molecular weight is 352 g/mol. The number of Topliss-reactive ketones (excluding diaryl/α,β-unsaturated/α-hetero) is 1. The van der Waals surface area contributed by atoms with Gasteiger partial charge in [-0.1, -0.05) is 60.6 Å². The van der Waals surface area contributed by atoms with E-state index in [2.05, 4.69) is 17.1 Å². The number of benzene rings is 2. The molecule has 5 heteroatoms. The van der Waals surface area contributed by atoms with Gasteiger partial charge in [-0.25, -0.2) is 0 Å². The molecule has 0 aliphatic carbocycles. The van der Waals surface area contributed by atoms with Crippen molar-refractivity contribution in [3.63, 3.8) is 0 Å². The molecule has 0 saturated carbocycles. The Morgan fingerprint density at radius 2 is 1.92 bits per heavy atom. The molecule has 1 aromatic heterocycles.